The molecule has 0 radical (unpaired) electrons. The fourth-order valence-corrected chi connectivity index (χ4v) is 1.72. The average molecular weight is 240 g/mol. The van der Waals surface area contributed by atoms with Gasteiger partial charge >= 0.3 is 0 Å². The molecule has 1 aromatic heterocycles. The van der Waals surface area contributed by atoms with Gasteiger partial charge < -0.3 is 0 Å². The van der Waals surface area contributed by atoms with Crippen molar-refractivity contribution in [2.75, 3.05) is 0 Å². The van der Waals surface area contributed by atoms with Crippen LogP contribution in [-0.2, 0) is 6.42 Å². The topological polar surface area (TPSA) is 12.9 Å². The predicted molar refractivity (Wildman–Crippen MR) is 65.6 cm³/mol. The summed E-state index contributed by atoms with van der Waals surface area (Å²) in [4.78, 5) is 4.22. The molecule has 15 heavy (non-hydrogen) atoms. The first-order chi connectivity index (χ1) is 7.25. The fourth-order valence-electron chi connectivity index (χ4n) is 1.50. The maximum absolute atomic E-state index is 5.68. The van der Waals surface area contributed by atoms with Gasteiger partial charge in [0.15, 0.2) is 0 Å². The van der Waals surface area contributed by atoms with E-state index in [4.69, 9.17) is 23.2 Å². The van der Waals surface area contributed by atoms with Crippen LogP contribution in [-0.4, -0.2) is 9.82 Å². The van der Waals surface area contributed by atoms with Crippen molar-refractivity contribution in [1.82, 2.24) is 4.98 Å². The van der Waals surface area contributed by atoms with E-state index in [1.165, 1.54) is 0 Å². The number of benzene rings is 1. The number of hydrogen-bond donors (Lipinski definition) is 0. The number of pyridine rings is 1. The highest BCUT2D eigenvalue weighted by molar-refractivity contribution is 6.44. The van der Waals surface area contributed by atoms with E-state index in [1.807, 2.05) is 24.3 Å². The molecule has 1 nitrogen and oxygen atoms in total. The van der Waals surface area contributed by atoms with Crippen LogP contribution in [0.5, 0.6) is 0 Å². The average Bonchev–Trinajstić information content (AvgIpc) is 2.26. The molecule has 0 spiro atoms. The lowest BCUT2D eigenvalue weighted by Crippen LogP contribution is -1.95. The van der Waals surface area contributed by atoms with Gasteiger partial charge in [-0.05, 0) is 25.0 Å². The molecule has 0 aliphatic heterocycles. The fraction of sp³-hybridized carbons (Fsp3) is 0.250. The molecule has 0 N–H and O–H groups in total. The van der Waals surface area contributed by atoms with Crippen LogP contribution in [0.1, 0.15) is 12.1 Å². The smallest absolute Gasteiger partial charge is 0.108 e. The van der Waals surface area contributed by atoms with Gasteiger partial charge in [-0.25, -0.2) is 0 Å². The molecule has 78 valence electrons. The number of hydrogen-bond acceptors (Lipinski definition) is 1. The highest BCUT2D eigenvalue weighted by Crippen LogP contribution is 2.15. The summed E-state index contributed by atoms with van der Waals surface area (Å²) < 4.78 is 0. The van der Waals surface area contributed by atoms with Gasteiger partial charge in [-0.1, -0.05) is 24.3 Å². The number of nitrogens with zero attached hydrogens (tertiary/aromatic N) is 1. The second-order valence-electron chi connectivity index (χ2n) is 3.43. The molecule has 0 unspecified atom stereocenters. The Kier molecular flexibility index (Phi) is 3.45. The number of aromatic nitrogens is 1. The third-order valence-electron chi connectivity index (χ3n) is 2.27. The molecule has 1 aromatic carbocycles. The van der Waals surface area contributed by atoms with Crippen molar-refractivity contribution in [2.45, 2.75) is 17.7 Å². The maximum atomic E-state index is 5.68. The molecular formula is C12H11Cl2N. The Bertz CT molecular complexity index is 454. The number of alkyl halides is 2. The molecule has 0 atom stereocenters. The zero-order chi connectivity index (χ0) is 10.7. The van der Waals surface area contributed by atoms with Crippen LogP contribution in [0.4, 0.5) is 0 Å². The van der Waals surface area contributed by atoms with Crippen LogP contribution in [0.15, 0.2) is 36.4 Å². The lowest BCUT2D eigenvalue weighted by atomic mass is 10.1. The number of rotatable bonds is 3. The standard InChI is InChI=1S/C12H11Cl2N/c13-12(14)8-7-10-6-5-9-3-1-2-4-11(9)15-10/h1-6,12H,7-8H2. The molecule has 0 saturated heterocycles. The molecule has 0 bridgehead atoms. The molecule has 3 heteroatoms. The van der Waals surface area contributed by atoms with Gasteiger partial charge in [-0.15, -0.1) is 23.2 Å². The normalized spacial score (nSPS) is 11.1. The zero-order valence-electron chi connectivity index (χ0n) is 8.16. The van der Waals surface area contributed by atoms with E-state index in [1.54, 1.807) is 0 Å². The van der Waals surface area contributed by atoms with Gasteiger partial charge in [0.1, 0.15) is 4.84 Å². The summed E-state index contributed by atoms with van der Waals surface area (Å²) in [6.45, 7) is 0. The second-order valence-corrected chi connectivity index (χ2v) is 4.70. The molecule has 0 amide bonds. The van der Waals surface area contributed by atoms with E-state index in [-0.39, 0.29) is 4.84 Å². The van der Waals surface area contributed by atoms with Crippen molar-refractivity contribution in [3.05, 3.63) is 42.1 Å². The summed E-state index contributed by atoms with van der Waals surface area (Å²) in [5, 5.41) is 1.16. The Balaban J connectivity index is 2.23. The van der Waals surface area contributed by atoms with Crippen molar-refractivity contribution in [3.8, 4) is 0 Å². The summed E-state index contributed by atoms with van der Waals surface area (Å²) >= 11 is 11.4. The number of aryl methyl sites for hydroxylation is 1. The Morgan fingerprint density at radius 1 is 1.07 bits per heavy atom. The van der Waals surface area contributed by atoms with Crippen LogP contribution in [0.2, 0.25) is 0 Å². The minimum atomic E-state index is -0.307. The van der Waals surface area contributed by atoms with Crippen LogP contribution in [0, 0.1) is 0 Å². The van der Waals surface area contributed by atoms with E-state index in [2.05, 4.69) is 17.1 Å². The van der Waals surface area contributed by atoms with E-state index >= 15 is 0 Å². The molecule has 0 fully saturated rings. The molecule has 2 aromatic rings. The number of halogens is 2. The third-order valence-corrected chi connectivity index (χ3v) is 2.71. The minimum Gasteiger partial charge on any atom is -0.253 e. The quantitative estimate of drug-likeness (QED) is 0.739. The summed E-state index contributed by atoms with van der Waals surface area (Å²) in [5.41, 5.74) is 2.07. The van der Waals surface area contributed by atoms with Gasteiger partial charge in [0, 0.05) is 11.1 Å². The van der Waals surface area contributed by atoms with Crippen molar-refractivity contribution in [1.29, 1.82) is 0 Å². The number of para-hydroxylation sites is 1. The monoisotopic (exact) mass is 239 g/mol. The van der Waals surface area contributed by atoms with Gasteiger partial charge in [-0.2, -0.15) is 0 Å². The van der Waals surface area contributed by atoms with Crippen molar-refractivity contribution in [3.63, 3.8) is 0 Å². The predicted octanol–water partition coefficient (Wildman–Crippen LogP) is 3.97. The van der Waals surface area contributed by atoms with Crippen molar-refractivity contribution >= 4 is 34.1 Å². The molecule has 0 saturated carbocycles. The second kappa shape index (κ2) is 4.82. The Hall–Kier alpha value is -0.790. The van der Waals surface area contributed by atoms with Gasteiger partial charge in [0.25, 0.3) is 0 Å². The van der Waals surface area contributed by atoms with E-state index in [0.717, 1.165) is 29.4 Å². The van der Waals surface area contributed by atoms with Crippen LogP contribution >= 0.6 is 23.2 Å². The van der Waals surface area contributed by atoms with Gasteiger partial charge in [0.2, 0.25) is 0 Å². The first kappa shape index (κ1) is 10.7. The SMILES string of the molecule is ClC(Cl)CCc1ccc2ccccc2n1. The Morgan fingerprint density at radius 3 is 2.67 bits per heavy atom. The molecule has 2 rings (SSSR count). The highest BCUT2D eigenvalue weighted by atomic mass is 35.5. The Morgan fingerprint density at radius 2 is 1.87 bits per heavy atom. The third kappa shape index (κ3) is 2.83. The summed E-state index contributed by atoms with van der Waals surface area (Å²) in [6, 6.07) is 12.2. The van der Waals surface area contributed by atoms with Crippen LogP contribution in [0.25, 0.3) is 10.9 Å². The lowest BCUT2D eigenvalue weighted by Gasteiger charge is -2.03. The summed E-state index contributed by atoms with van der Waals surface area (Å²) in [5.74, 6) is 0. The van der Waals surface area contributed by atoms with E-state index in [9.17, 15) is 0 Å². The molecular weight excluding hydrogens is 229 g/mol. The maximum Gasteiger partial charge on any atom is 0.108 e. The van der Waals surface area contributed by atoms with Gasteiger partial charge in [0.05, 0.1) is 5.52 Å². The Labute approximate surface area is 99.0 Å². The first-order valence-electron chi connectivity index (χ1n) is 4.88. The highest BCUT2D eigenvalue weighted by Gasteiger charge is 2.02. The van der Waals surface area contributed by atoms with Crippen LogP contribution in [0.3, 0.4) is 0 Å². The van der Waals surface area contributed by atoms with Gasteiger partial charge in [-0.3, -0.25) is 4.98 Å². The van der Waals surface area contributed by atoms with E-state index in [0.29, 0.717) is 0 Å². The van der Waals surface area contributed by atoms with Crippen LogP contribution < -0.4 is 0 Å². The van der Waals surface area contributed by atoms with Crippen molar-refractivity contribution in [2.24, 2.45) is 0 Å². The summed E-state index contributed by atoms with van der Waals surface area (Å²) in [7, 11) is 0. The number of fused-ring (bicyclic) bond motifs is 1. The largest absolute Gasteiger partial charge is 0.253 e. The molecule has 0 aliphatic rings. The molecule has 0 aliphatic carbocycles. The summed E-state index contributed by atoms with van der Waals surface area (Å²) in [6.07, 6.45) is 1.57. The lowest BCUT2D eigenvalue weighted by molar-refractivity contribution is 0.865. The van der Waals surface area contributed by atoms with Crippen molar-refractivity contribution < 1.29 is 0 Å². The molecule has 1 heterocycles. The minimum absolute atomic E-state index is 0.307. The van der Waals surface area contributed by atoms with E-state index < -0.39 is 0 Å². The first-order valence-corrected chi connectivity index (χ1v) is 5.76. The zero-order valence-corrected chi connectivity index (χ0v) is 9.67.